The number of methoxy groups -OCH3 is 1. The standard InChI is InChI=1S/C15H25NO2S/c1-6-15(7-2,14(17)18-5)12-10-19-13(16-12)9-8-11(3)4/h10-11H,6-9H2,1-5H3. The molecule has 1 heterocycles. The molecule has 0 saturated carbocycles. The molecule has 0 radical (unpaired) electrons. The van der Waals surface area contributed by atoms with Crippen molar-refractivity contribution >= 4 is 17.3 Å². The van der Waals surface area contributed by atoms with Gasteiger partial charge in [0, 0.05) is 5.38 Å². The van der Waals surface area contributed by atoms with Gasteiger partial charge in [0.05, 0.1) is 17.8 Å². The molecule has 3 nitrogen and oxygen atoms in total. The number of ether oxygens (including phenoxy) is 1. The third kappa shape index (κ3) is 3.56. The first-order chi connectivity index (χ1) is 9.00. The zero-order valence-corrected chi connectivity index (χ0v) is 13.5. The molecule has 0 saturated heterocycles. The van der Waals surface area contributed by atoms with Crippen LogP contribution in [0.5, 0.6) is 0 Å². The molecule has 19 heavy (non-hydrogen) atoms. The van der Waals surface area contributed by atoms with Crippen LogP contribution in [0, 0.1) is 5.92 Å². The van der Waals surface area contributed by atoms with Crippen molar-refractivity contribution in [3.05, 3.63) is 16.1 Å². The molecule has 1 aromatic heterocycles. The molecule has 0 atom stereocenters. The molecule has 0 N–H and O–H groups in total. The normalized spacial score (nSPS) is 11.9. The maximum atomic E-state index is 12.1. The van der Waals surface area contributed by atoms with Crippen LogP contribution >= 0.6 is 11.3 Å². The Labute approximate surface area is 120 Å². The van der Waals surface area contributed by atoms with E-state index in [2.05, 4.69) is 18.8 Å². The number of aryl methyl sites for hydroxylation is 1. The van der Waals surface area contributed by atoms with Crippen LogP contribution in [0.1, 0.15) is 57.7 Å². The fraction of sp³-hybridized carbons (Fsp3) is 0.733. The number of rotatable bonds is 7. The van der Waals surface area contributed by atoms with Crippen LogP contribution < -0.4 is 0 Å². The Hall–Kier alpha value is -0.900. The van der Waals surface area contributed by atoms with E-state index in [1.165, 1.54) is 7.11 Å². The van der Waals surface area contributed by atoms with E-state index in [1.807, 2.05) is 19.2 Å². The topological polar surface area (TPSA) is 39.2 Å². The summed E-state index contributed by atoms with van der Waals surface area (Å²) < 4.78 is 4.99. The predicted molar refractivity (Wildman–Crippen MR) is 79.5 cm³/mol. The first-order valence-corrected chi connectivity index (χ1v) is 7.91. The lowest BCUT2D eigenvalue weighted by atomic mass is 9.80. The number of aromatic nitrogens is 1. The van der Waals surface area contributed by atoms with E-state index < -0.39 is 5.41 Å². The summed E-state index contributed by atoms with van der Waals surface area (Å²) in [4.78, 5) is 16.8. The van der Waals surface area contributed by atoms with Crippen LogP contribution in [-0.4, -0.2) is 18.1 Å². The molecular formula is C15H25NO2S. The quantitative estimate of drug-likeness (QED) is 0.711. The fourth-order valence-corrected chi connectivity index (χ4v) is 3.17. The molecule has 0 aromatic carbocycles. The van der Waals surface area contributed by atoms with Gasteiger partial charge in [0.25, 0.3) is 0 Å². The van der Waals surface area contributed by atoms with Crippen molar-refractivity contribution in [1.82, 2.24) is 4.98 Å². The number of thiazole rings is 1. The van der Waals surface area contributed by atoms with E-state index >= 15 is 0 Å². The molecule has 0 unspecified atom stereocenters. The van der Waals surface area contributed by atoms with Crippen LogP contribution in [0.15, 0.2) is 5.38 Å². The van der Waals surface area contributed by atoms with E-state index in [1.54, 1.807) is 11.3 Å². The van der Waals surface area contributed by atoms with Crippen LogP contribution in [0.25, 0.3) is 0 Å². The molecule has 0 bridgehead atoms. The van der Waals surface area contributed by atoms with Crippen LogP contribution in [0.4, 0.5) is 0 Å². The van der Waals surface area contributed by atoms with Gasteiger partial charge in [-0.1, -0.05) is 27.7 Å². The molecule has 0 aliphatic rings. The van der Waals surface area contributed by atoms with Gasteiger partial charge in [-0.3, -0.25) is 4.79 Å². The predicted octanol–water partition coefficient (Wildman–Crippen LogP) is 3.96. The maximum Gasteiger partial charge on any atom is 0.317 e. The van der Waals surface area contributed by atoms with Crippen molar-refractivity contribution in [2.24, 2.45) is 5.92 Å². The molecule has 4 heteroatoms. The number of hydrogen-bond acceptors (Lipinski definition) is 4. The number of hydrogen-bond donors (Lipinski definition) is 0. The number of esters is 1. The van der Waals surface area contributed by atoms with Crippen molar-refractivity contribution < 1.29 is 9.53 Å². The van der Waals surface area contributed by atoms with Gasteiger partial charge in [-0.2, -0.15) is 0 Å². The lowest BCUT2D eigenvalue weighted by molar-refractivity contribution is -0.148. The molecule has 0 aliphatic carbocycles. The molecule has 0 fully saturated rings. The highest BCUT2D eigenvalue weighted by atomic mass is 32.1. The number of nitrogens with zero attached hydrogens (tertiary/aromatic N) is 1. The van der Waals surface area contributed by atoms with Gasteiger partial charge in [0.1, 0.15) is 5.41 Å². The van der Waals surface area contributed by atoms with Gasteiger partial charge in [-0.25, -0.2) is 4.98 Å². The molecule has 108 valence electrons. The summed E-state index contributed by atoms with van der Waals surface area (Å²) in [6, 6.07) is 0. The van der Waals surface area contributed by atoms with Crippen molar-refractivity contribution in [1.29, 1.82) is 0 Å². The molecule has 0 spiro atoms. The second-order valence-corrected chi connectivity index (χ2v) is 6.28. The summed E-state index contributed by atoms with van der Waals surface area (Å²) in [5.74, 6) is 0.508. The Bertz CT molecular complexity index is 408. The largest absolute Gasteiger partial charge is 0.468 e. The summed E-state index contributed by atoms with van der Waals surface area (Å²) in [5, 5.41) is 3.15. The van der Waals surface area contributed by atoms with Crippen LogP contribution in [0.2, 0.25) is 0 Å². The highest BCUT2D eigenvalue weighted by Gasteiger charge is 2.40. The Kier molecular flexibility index (Phi) is 5.98. The van der Waals surface area contributed by atoms with Gasteiger partial charge in [0.15, 0.2) is 0 Å². The minimum atomic E-state index is -0.568. The molecule has 1 rings (SSSR count). The summed E-state index contributed by atoms with van der Waals surface area (Å²) in [6.45, 7) is 8.47. The zero-order valence-electron chi connectivity index (χ0n) is 12.7. The van der Waals surface area contributed by atoms with Gasteiger partial charge in [-0.05, 0) is 31.6 Å². The number of carbonyl (C=O) groups excluding carboxylic acids is 1. The first-order valence-electron chi connectivity index (χ1n) is 7.03. The van der Waals surface area contributed by atoms with Crippen LogP contribution in [0.3, 0.4) is 0 Å². The molecule has 0 aliphatic heterocycles. The van der Waals surface area contributed by atoms with Crippen molar-refractivity contribution in [3.8, 4) is 0 Å². The fourth-order valence-electron chi connectivity index (χ4n) is 2.26. The Morgan fingerprint density at radius 1 is 1.42 bits per heavy atom. The lowest BCUT2D eigenvalue weighted by Crippen LogP contribution is -2.36. The van der Waals surface area contributed by atoms with Gasteiger partial charge < -0.3 is 4.74 Å². The van der Waals surface area contributed by atoms with Crippen LogP contribution in [-0.2, 0) is 21.4 Å². The Balaban J connectivity index is 2.95. The third-order valence-electron chi connectivity index (χ3n) is 3.76. The van der Waals surface area contributed by atoms with Crippen molar-refractivity contribution in [2.75, 3.05) is 7.11 Å². The zero-order chi connectivity index (χ0) is 14.5. The molecule has 0 amide bonds. The average molecular weight is 283 g/mol. The summed E-state index contributed by atoms with van der Waals surface area (Å²) in [6.07, 6.45) is 3.58. The summed E-state index contributed by atoms with van der Waals surface area (Å²) >= 11 is 1.66. The maximum absolute atomic E-state index is 12.1. The monoisotopic (exact) mass is 283 g/mol. The second kappa shape index (κ2) is 7.04. The summed E-state index contributed by atoms with van der Waals surface area (Å²) in [5.41, 5.74) is 0.314. The van der Waals surface area contributed by atoms with Crippen molar-refractivity contribution in [3.63, 3.8) is 0 Å². The van der Waals surface area contributed by atoms with Crippen molar-refractivity contribution in [2.45, 2.75) is 58.8 Å². The average Bonchev–Trinajstić information content (AvgIpc) is 2.87. The second-order valence-electron chi connectivity index (χ2n) is 5.34. The first kappa shape index (κ1) is 16.2. The van der Waals surface area contributed by atoms with E-state index in [9.17, 15) is 4.79 Å². The number of carbonyl (C=O) groups is 1. The van der Waals surface area contributed by atoms with E-state index in [0.29, 0.717) is 5.92 Å². The van der Waals surface area contributed by atoms with Gasteiger partial charge >= 0.3 is 5.97 Å². The summed E-state index contributed by atoms with van der Waals surface area (Å²) in [7, 11) is 1.45. The van der Waals surface area contributed by atoms with Gasteiger partial charge in [-0.15, -0.1) is 11.3 Å². The van der Waals surface area contributed by atoms with E-state index in [-0.39, 0.29) is 5.97 Å². The minimum Gasteiger partial charge on any atom is -0.468 e. The SMILES string of the molecule is CCC(CC)(C(=O)OC)c1csc(CCC(C)C)n1. The smallest absolute Gasteiger partial charge is 0.317 e. The van der Waals surface area contributed by atoms with E-state index in [0.717, 1.165) is 36.4 Å². The van der Waals surface area contributed by atoms with Gasteiger partial charge in [0.2, 0.25) is 0 Å². The highest BCUT2D eigenvalue weighted by Crippen LogP contribution is 2.34. The van der Waals surface area contributed by atoms with E-state index in [4.69, 9.17) is 4.74 Å². The third-order valence-corrected chi connectivity index (χ3v) is 4.67. The highest BCUT2D eigenvalue weighted by molar-refractivity contribution is 7.09. The molecule has 1 aromatic rings. The lowest BCUT2D eigenvalue weighted by Gasteiger charge is -2.26. The minimum absolute atomic E-state index is 0.168. The Morgan fingerprint density at radius 2 is 2.05 bits per heavy atom. The molecular weight excluding hydrogens is 258 g/mol. The Morgan fingerprint density at radius 3 is 2.53 bits per heavy atom.